The van der Waals surface area contributed by atoms with Crippen LogP contribution in [0.5, 0.6) is 0 Å². The number of alkyl halides is 2. The summed E-state index contributed by atoms with van der Waals surface area (Å²) in [6.45, 7) is 2.10. The number of sulfonamides is 1. The van der Waals surface area contributed by atoms with Crippen molar-refractivity contribution in [3.8, 4) is 0 Å². The SMILES string of the molecule is CC1(NS(=O)(=O)c2ccc(Cl)c(C(=O)Nc3ccc(F)c(C(F)F)c3)c2)COC1. The van der Waals surface area contributed by atoms with Gasteiger partial charge in [0.05, 0.1) is 39.8 Å². The summed E-state index contributed by atoms with van der Waals surface area (Å²) in [7, 11) is -3.97. The summed E-state index contributed by atoms with van der Waals surface area (Å²) in [5, 5.41) is 2.27. The van der Waals surface area contributed by atoms with Crippen LogP contribution >= 0.6 is 11.6 Å². The highest BCUT2D eigenvalue weighted by Crippen LogP contribution is 2.27. The zero-order valence-corrected chi connectivity index (χ0v) is 16.6. The van der Waals surface area contributed by atoms with Crippen molar-refractivity contribution in [2.45, 2.75) is 23.8 Å². The molecule has 0 unspecified atom stereocenters. The van der Waals surface area contributed by atoms with Gasteiger partial charge in [0.15, 0.2) is 0 Å². The summed E-state index contributed by atoms with van der Waals surface area (Å²) in [6, 6.07) is 6.24. The smallest absolute Gasteiger partial charge is 0.266 e. The van der Waals surface area contributed by atoms with Crippen LogP contribution in [0.3, 0.4) is 0 Å². The van der Waals surface area contributed by atoms with Gasteiger partial charge in [0.2, 0.25) is 10.0 Å². The molecule has 1 amide bonds. The van der Waals surface area contributed by atoms with Crippen molar-refractivity contribution < 1.29 is 31.1 Å². The van der Waals surface area contributed by atoms with Crippen LogP contribution in [0.1, 0.15) is 29.3 Å². The summed E-state index contributed by atoms with van der Waals surface area (Å²) in [4.78, 5) is 12.3. The second kappa shape index (κ2) is 7.94. The second-order valence-electron chi connectivity index (χ2n) is 6.79. The summed E-state index contributed by atoms with van der Waals surface area (Å²) < 4.78 is 71.7. The molecule has 6 nitrogen and oxygen atoms in total. The van der Waals surface area contributed by atoms with E-state index in [0.717, 1.165) is 24.3 Å². The maximum Gasteiger partial charge on any atom is 0.266 e. The molecule has 1 aliphatic rings. The summed E-state index contributed by atoms with van der Waals surface area (Å²) in [5.41, 5.74) is -1.90. The van der Waals surface area contributed by atoms with Gasteiger partial charge in [-0.25, -0.2) is 26.3 Å². The Kier molecular flexibility index (Phi) is 5.91. The first-order chi connectivity index (χ1) is 13.5. The Morgan fingerprint density at radius 3 is 2.48 bits per heavy atom. The largest absolute Gasteiger partial charge is 0.377 e. The van der Waals surface area contributed by atoms with E-state index in [-0.39, 0.29) is 34.4 Å². The molecule has 2 aromatic carbocycles. The molecule has 2 aromatic rings. The number of hydrogen-bond donors (Lipinski definition) is 2. The zero-order chi connectivity index (χ0) is 21.4. The van der Waals surface area contributed by atoms with Gasteiger partial charge in [-0.1, -0.05) is 11.6 Å². The van der Waals surface area contributed by atoms with Gasteiger partial charge in [0.25, 0.3) is 12.3 Å². The summed E-state index contributed by atoms with van der Waals surface area (Å²) in [5.74, 6) is -1.94. The molecule has 11 heteroatoms. The van der Waals surface area contributed by atoms with Crippen LogP contribution in [0.2, 0.25) is 5.02 Å². The van der Waals surface area contributed by atoms with E-state index in [4.69, 9.17) is 16.3 Å². The molecule has 0 saturated carbocycles. The van der Waals surface area contributed by atoms with Crippen molar-refractivity contribution in [1.29, 1.82) is 0 Å². The standard InChI is InChI=1S/C18H16ClF3N2O4S/c1-18(8-28-9-18)24-29(26,27)11-3-4-14(19)12(7-11)17(25)23-10-2-5-15(20)13(6-10)16(21)22/h2-7,16,24H,8-9H2,1H3,(H,23,25). The lowest BCUT2D eigenvalue weighted by Crippen LogP contribution is -2.59. The van der Waals surface area contributed by atoms with Crippen LogP contribution in [0.4, 0.5) is 18.9 Å². The first-order valence-electron chi connectivity index (χ1n) is 8.31. The lowest BCUT2D eigenvalue weighted by Gasteiger charge is -2.38. The first kappa shape index (κ1) is 21.6. The molecule has 0 aromatic heterocycles. The van der Waals surface area contributed by atoms with E-state index in [2.05, 4.69) is 10.0 Å². The van der Waals surface area contributed by atoms with Crippen molar-refractivity contribution in [1.82, 2.24) is 4.72 Å². The molecule has 1 fully saturated rings. The fourth-order valence-electron chi connectivity index (χ4n) is 2.68. The third-order valence-corrected chi connectivity index (χ3v) is 6.17. The van der Waals surface area contributed by atoms with Gasteiger partial charge in [-0.3, -0.25) is 4.79 Å². The van der Waals surface area contributed by atoms with Gasteiger partial charge >= 0.3 is 0 Å². The third-order valence-electron chi connectivity index (χ3n) is 4.20. The van der Waals surface area contributed by atoms with E-state index >= 15 is 0 Å². The number of amides is 1. The number of carbonyl (C=O) groups is 1. The van der Waals surface area contributed by atoms with Gasteiger partial charge < -0.3 is 10.1 Å². The Bertz CT molecular complexity index is 1060. The van der Waals surface area contributed by atoms with Crippen molar-refractivity contribution in [2.24, 2.45) is 0 Å². The molecule has 0 bridgehead atoms. The number of nitrogens with one attached hydrogen (secondary N) is 2. The number of ether oxygens (including phenoxy) is 1. The molecule has 2 N–H and O–H groups in total. The number of carbonyl (C=O) groups excluding carboxylic acids is 1. The number of rotatable bonds is 6. The Hall–Kier alpha value is -2.14. The van der Waals surface area contributed by atoms with Gasteiger partial charge in [0.1, 0.15) is 5.82 Å². The van der Waals surface area contributed by atoms with Gasteiger partial charge in [-0.2, -0.15) is 0 Å². The van der Waals surface area contributed by atoms with Crippen LogP contribution in [0.25, 0.3) is 0 Å². The fraction of sp³-hybridized carbons (Fsp3) is 0.278. The molecule has 1 saturated heterocycles. The predicted octanol–water partition coefficient (Wildman–Crippen LogP) is 3.74. The van der Waals surface area contributed by atoms with Gasteiger partial charge in [0, 0.05) is 5.69 Å². The summed E-state index contributed by atoms with van der Waals surface area (Å²) in [6.07, 6.45) is -3.06. The highest BCUT2D eigenvalue weighted by Gasteiger charge is 2.38. The van der Waals surface area contributed by atoms with Crippen LogP contribution < -0.4 is 10.0 Å². The molecular weight excluding hydrogens is 433 g/mol. The Labute approximate surface area is 170 Å². The molecule has 1 aliphatic heterocycles. The van der Waals surface area contributed by atoms with E-state index in [1.54, 1.807) is 6.92 Å². The number of halogens is 4. The number of benzene rings is 2. The number of hydrogen-bond acceptors (Lipinski definition) is 4. The Morgan fingerprint density at radius 1 is 1.21 bits per heavy atom. The van der Waals surface area contributed by atoms with Gasteiger partial charge in [-0.05, 0) is 43.3 Å². The van der Waals surface area contributed by atoms with Crippen LogP contribution in [-0.2, 0) is 14.8 Å². The maximum absolute atomic E-state index is 13.4. The second-order valence-corrected chi connectivity index (χ2v) is 8.88. The highest BCUT2D eigenvalue weighted by atomic mass is 35.5. The van der Waals surface area contributed by atoms with Crippen molar-refractivity contribution in [2.75, 3.05) is 18.5 Å². The molecule has 0 atom stereocenters. The molecule has 1 heterocycles. The number of anilines is 1. The monoisotopic (exact) mass is 448 g/mol. The molecular formula is C18H16ClF3N2O4S. The average Bonchev–Trinajstić information content (AvgIpc) is 2.61. The molecule has 29 heavy (non-hydrogen) atoms. The van der Waals surface area contributed by atoms with Crippen LogP contribution in [0, 0.1) is 5.82 Å². The van der Waals surface area contributed by atoms with Crippen LogP contribution in [0.15, 0.2) is 41.3 Å². The first-order valence-corrected chi connectivity index (χ1v) is 10.2. The van der Waals surface area contributed by atoms with E-state index in [1.807, 2.05) is 0 Å². The molecule has 3 rings (SSSR count). The van der Waals surface area contributed by atoms with Gasteiger partial charge in [-0.15, -0.1) is 0 Å². The van der Waals surface area contributed by atoms with Crippen molar-refractivity contribution in [3.63, 3.8) is 0 Å². The highest BCUT2D eigenvalue weighted by molar-refractivity contribution is 7.89. The van der Waals surface area contributed by atoms with Crippen LogP contribution in [-0.4, -0.2) is 33.1 Å². The fourth-order valence-corrected chi connectivity index (χ4v) is 4.29. The van der Waals surface area contributed by atoms with E-state index in [0.29, 0.717) is 0 Å². The quantitative estimate of drug-likeness (QED) is 0.705. The minimum Gasteiger partial charge on any atom is -0.377 e. The maximum atomic E-state index is 13.4. The average molecular weight is 449 g/mol. The Balaban J connectivity index is 1.86. The predicted molar refractivity (Wildman–Crippen MR) is 100 cm³/mol. The minimum atomic E-state index is -3.97. The molecule has 0 radical (unpaired) electrons. The lowest BCUT2D eigenvalue weighted by atomic mass is 10.0. The van der Waals surface area contributed by atoms with E-state index in [1.165, 1.54) is 12.1 Å². The molecule has 0 spiro atoms. The van der Waals surface area contributed by atoms with E-state index in [9.17, 15) is 26.4 Å². The third kappa shape index (κ3) is 4.72. The van der Waals surface area contributed by atoms with E-state index < -0.39 is 39.3 Å². The molecule has 0 aliphatic carbocycles. The lowest BCUT2D eigenvalue weighted by molar-refractivity contribution is -0.0523. The minimum absolute atomic E-state index is 0.0455. The normalized spacial score (nSPS) is 15.8. The topological polar surface area (TPSA) is 84.5 Å². The van der Waals surface area contributed by atoms with Crippen molar-refractivity contribution >= 4 is 33.2 Å². The zero-order valence-electron chi connectivity index (χ0n) is 15.0. The molecule has 156 valence electrons. The van der Waals surface area contributed by atoms with Crippen molar-refractivity contribution in [3.05, 3.63) is 58.4 Å². The Morgan fingerprint density at radius 2 is 1.90 bits per heavy atom. The summed E-state index contributed by atoms with van der Waals surface area (Å²) >= 11 is 6.01.